The molecule has 2 saturated heterocycles. The molecule has 0 saturated carbocycles. The Bertz CT molecular complexity index is 257. The summed E-state index contributed by atoms with van der Waals surface area (Å²) in [6.07, 6.45) is 8.04. The Hall–Kier alpha value is -0.120. The molecule has 0 N–H and O–H groups in total. The second-order valence-electron chi connectivity index (χ2n) is 7.05. The summed E-state index contributed by atoms with van der Waals surface area (Å²) in [6.45, 7) is 22.2. The van der Waals surface area contributed by atoms with E-state index < -0.39 is 0 Å². The van der Waals surface area contributed by atoms with Crippen molar-refractivity contribution < 1.29 is 4.74 Å². The van der Waals surface area contributed by atoms with E-state index in [1.165, 1.54) is 77.8 Å². The third kappa shape index (κ3) is 11.2. The van der Waals surface area contributed by atoms with E-state index in [9.17, 15) is 0 Å². The lowest BCUT2D eigenvalue weighted by Crippen LogP contribution is -2.37. The summed E-state index contributed by atoms with van der Waals surface area (Å²) < 4.78 is 6.06. The predicted octanol–water partition coefficient (Wildman–Crippen LogP) is 5.30. The molecular formula is C22H48N2O. The first-order chi connectivity index (χ1) is 12.3. The van der Waals surface area contributed by atoms with Gasteiger partial charge in [-0.1, -0.05) is 48.0 Å². The van der Waals surface area contributed by atoms with E-state index in [2.05, 4.69) is 23.6 Å². The van der Waals surface area contributed by atoms with Crippen molar-refractivity contribution in [1.29, 1.82) is 0 Å². The van der Waals surface area contributed by atoms with Gasteiger partial charge < -0.3 is 14.5 Å². The molecule has 0 aliphatic carbocycles. The number of likely N-dealkylation sites (tertiary alicyclic amines) is 2. The molecule has 152 valence electrons. The van der Waals surface area contributed by atoms with Gasteiger partial charge in [-0.15, -0.1) is 0 Å². The van der Waals surface area contributed by atoms with Crippen LogP contribution in [0.2, 0.25) is 0 Å². The average Bonchev–Trinajstić information content (AvgIpc) is 2.71. The van der Waals surface area contributed by atoms with Crippen LogP contribution < -0.4 is 0 Å². The molecule has 0 unspecified atom stereocenters. The molecule has 2 heterocycles. The molecule has 2 fully saturated rings. The van der Waals surface area contributed by atoms with Gasteiger partial charge in [0.2, 0.25) is 0 Å². The summed E-state index contributed by atoms with van der Waals surface area (Å²) in [5, 5.41) is 0. The lowest BCUT2D eigenvalue weighted by atomic mass is 9.96. The van der Waals surface area contributed by atoms with E-state index in [-0.39, 0.29) is 0 Å². The third-order valence-electron chi connectivity index (χ3n) is 5.40. The fourth-order valence-corrected chi connectivity index (χ4v) is 3.63. The highest BCUT2D eigenvalue weighted by atomic mass is 16.5. The topological polar surface area (TPSA) is 15.7 Å². The number of unbranched alkanes of at least 4 members (excludes halogenated alkanes) is 1. The molecule has 3 heteroatoms. The lowest BCUT2D eigenvalue weighted by molar-refractivity contribution is 0.0315. The summed E-state index contributed by atoms with van der Waals surface area (Å²) in [6, 6.07) is 0. The third-order valence-corrected chi connectivity index (χ3v) is 5.40. The van der Waals surface area contributed by atoms with Crippen LogP contribution >= 0.6 is 0 Å². The quantitative estimate of drug-likeness (QED) is 0.587. The van der Waals surface area contributed by atoms with Crippen molar-refractivity contribution in [3.8, 4) is 0 Å². The largest absolute Gasteiger partial charge is 0.381 e. The summed E-state index contributed by atoms with van der Waals surface area (Å²) in [4.78, 5) is 5.20. The Morgan fingerprint density at radius 2 is 1.16 bits per heavy atom. The van der Waals surface area contributed by atoms with Crippen molar-refractivity contribution in [3.63, 3.8) is 0 Å². The van der Waals surface area contributed by atoms with Gasteiger partial charge in [0.25, 0.3) is 0 Å². The van der Waals surface area contributed by atoms with Crippen LogP contribution in [0.1, 0.15) is 80.1 Å². The van der Waals surface area contributed by atoms with Gasteiger partial charge in [-0.2, -0.15) is 0 Å². The highest BCUT2D eigenvalue weighted by molar-refractivity contribution is 4.74. The van der Waals surface area contributed by atoms with Crippen molar-refractivity contribution in [2.24, 2.45) is 11.8 Å². The Morgan fingerprint density at radius 3 is 1.56 bits per heavy atom. The second-order valence-corrected chi connectivity index (χ2v) is 7.05. The molecule has 2 aliphatic rings. The fourth-order valence-electron chi connectivity index (χ4n) is 3.63. The van der Waals surface area contributed by atoms with Gasteiger partial charge >= 0.3 is 0 Å². The molecule has 0 radical (unpaired) electrons. The molecule has 0 bridgehead atoms. The standard InChI is InChI=1S/C18H36N2O.2C2H6/c1-3-5-10-20-13-8-18(9-14-20)16-21-15-17-6-11-19(4-2)12-7-17;2*1-2/h17-18H,3-16H2,1-2H3;2*1-2H3. The molecule has 25 heavy (non-hydrogen) atoms. The second kappa shape index (κ2) is 17.3. The highest BCUT2D eigenvalue weighted by Gasteiger charge is 2.21. The molecular weight excluding hydrogens is 308 g/mol. The molecule has 2 aliphatic heterocycles. The van der Waals surface area contributed by atoms with Crippen molar-refractivity contribution in [1.82, 2.24) is 9.80 Å². The van der Waals surface area contributed by atoms with E-state index in [1.54, 1.807) is 0 Å². The number of hydrogen-bond acceptors (Lipinski definition) is 3. The SMILES string of the molecule is CC.CC.CCCCN1CCC(COCC2CCN(CC)CC2)CC1. The molecule has 3 nitrogen and oxygen atoms in total. The normalized spacial score (nSPS) is 20.4. The first kappa shape index (κ1) is 24.9. The van der Waals surface area contributed by atoms with Crippen molar-refractivity contribution >= 4 is 0 Å². The fraction of sp³-hybridized carbons (Fsp3) is 1.00. The van der Waals surface area contributed by atoms with Crippen LogP contribution in [-0.4, -0.2) is 62.3 Å². The number of ether oxygens (including phenoxy) is 1. The van der Waals surface area contributed by atoms with Crippen LogP contribution in [0, 0.1) is 11.8 Å². The molecule has 0 aromatic carbocycles. The van der Waals surface area contributed by atoms with Gasteiger partial charge in [-0.05, 0) is 83.2 Å². The maximum atomic E-state index is 6.06. The molecule has 2 rings (SSSR count). The Balaban J connectivity index is 0.00000134. The van der Waals surface area contributed by atoms with Gasteiger partial charge in [-0.25, -0.2) is 0 Å². The van der Waals surface area contributed by atoms with Gasteiger partial charge in [-0.3, -0.25) is 0 Å². The van der Waals surface area contributed by atoms with Gasteiger partial charge in [0.15, 0.2) is 0 Å². The number of piperidine rings is 2. The maximum Gasteiger partial charge on any atom is 0.0495 e. The zero-order chi connectivity index (χ0) is 18.9. The van der Waals surface area contributed by atoms with Crippen LogP contribution in [0.25, 0.3) is 0 Å². The van der Waals surface area contributed by atoms with Crippen molar-refractivity contribution in [2.45, 2.75) is 80.1 Å². The van der Waals surface area contributed by atoms with E-state index in [1.807, 2.05) is 27.7 Å². The van der Waals surface area contributed by atoms with Crippen molar-refractivity contribution in [2.75, 3.05) is 52.5 Å². The highest BCUT2D eigenvalue weighted by Crippen LogP contribution is 2.20. The summed E-state index contributed by atoms with van der Waals surface area (Å²) in [5.41, 5.74) is 0. The number of hydrogen-bond donors (Lipinski definition) is 0. The molecule has 0 spiro atoms. The Morgan fingerprint density at radius 1 is 0.720 bits per heavy atom. The van der Waals surface area contributed by atoms with Crippen LogP contribution in [0.15, 0.2) is 0 Å². The maximum absolute atomic E-state index is 6.06. The van der Waals surface area contributed by atoms with E-state index in [0.717, 1.165) is 25.0 Å². The minimum Gasteiger partial charge on any atom is -0.381 e. The van der Waals surface area contributed by atoms with E-state index in [0.29, 0.717) is 0 Å². The molecule has 0 atom stereocenters. The van der Waals surface area contributed by atoms with E-state index in [4.69, 9.17) is 4.74 Å². The minimum atomic E-state index is 0.817. The zero-order valence-corrected chi connectivity index (χ0v) is 18.4. The van der Waals surface area contributed by atoms with Crippen LogP contribution in [0.4, 0.5) is 0 Å². The Labute approximate surface area is 159 Å². The Kier molecular flexibility index (Phi) is 17.2. The monoisotopic (exact) mass is 356 g/mol. The zero-order valence-electron chi connectivity index (χ0n) is 18.4. The summed E-state index contributed by atoms with van der Waals surface area (Å²) in [7, 11) is 0. The first-order valence-electron chi connectivity index (χ1n) is 11.3. The van der Waals surface area contributed by atoms with Gasteiger partial charge in [0.05, 0.1) is 0 Å². The van der Waals surface area contributed by atoms with E-state index >= 15 is 0 Å². The summed E-state index contributed by atoms with van der Waals surface area (Å²) in [5.74, 6) is 1.64. The number of rotatable bonds is 8. The first-order valence-corrected chi connectivity index (χ1v) is 11.3. The average molecular weight is 357 g/mol. The van der Waals surface area contributed by atoms with Crippen LogP contribution in [-0.2, 0) is 4.74 Å². The molecule has 0 aromatic heterocycles. The smallest absolute Gasteiger partial charge is 0.0495 e. The van der Waals surface area contributed by atoms with Crippen molar-refractivity contribution in [3.05, 3.63) is 0 Å². The predicted molar refractivity (Wildman–Crippen MR) is 112 cm³/mol. The van der Waals surface area contributed by atoms with Crippen LogP contribution in [0.3, 0.4) is 0 Å². The van der Waals surface area contributed by atoms with Crippen LogP contribution in [0.5, 0.6) is 0 Å². The molecule has 0 aromatic rings. The van der Waals surface area contributed by atoms with Gasteiger partial charge in [0, 0.05) is 13.2 Å². The lowest BCUT2D eigenvalue weighted by Gasteiger charge is -2.33. The molecule has 0 amide bonds. The number of nitrogens with zero attached hydrogens (tertiary/aromatic N) is 2. The minimum absolute atomic E-state index is 0.817. The summed E-state index contributed by atoms with van der Waals surface area (Å²) >= 11 is 0. The van der Waals surface area contributed by atoms with Gasteiger partial charge in [0.1, 0.15) is 0 Å².